The third-order valence-corrected chi connectivity index (χ3v) is 3.15. The highest BCUT2D eigenvalue weighted by Gasteiger charge is 2.57. The standard InChI is InChI=1S/C8ClF9S/c9-7(15,16)8(17,18)19-6-4(13)2(11)1(10)3(12)5(6)14. The summed E-state index contributed by atoms with van der Waals surface area (Å²) in [6.45, 7) is 0. The lowest BCUT2D eigenvalue weighted by molar-refractivity contribution is -0.0899. The van der Waals surface area contributed by atoms with Gasteiger partial charge in [-0.05, 0) is 23.4 Å². The van der Waals surface area contributed by atoms with E-state index in [1.165, 1.54) is 0 Å². The number of benzene rings is 1. The van der Waals surface area contributed by atoms with Crippen LogP contribution in [0.5, 0.6) is 0 Å². The van der Waals surface area contributed by atoms with Gasteiger partial charge in [-0.2, -0.15) is 17.6 Å². The van der Waals surface area contributed by atoms with Gasteiger partial charge in [0, 0.05) is 0 Å². The molecule has 19 heavy (non-hydrogen) atoms. The summed E-state index contributed by atoms with van der Waals surface area (Å²) < 4.78 is 114. The first-order valence-corrected chi connectivity index (χ1v) is 5.24. The summed E-state index contributed by atoms with van der Waals surface area (Å²) in [4.78, 5) is -2.15. The van der Waals surface area contributed by atoms with E-state index >= 15 is 0 Å². The van der Waals surface area contributed by atoms with Gasteiger partial charge in [0.15, 0.2) is 23.3 Å². The van der Waals surface area contributed by atoms with Gasteiger partial charge in [0.1, 0.15) is 0 Å². The third kappa shape index (κ3) is 2.88. The quantitative estimate of drug-likeness (QED) is 0.249. The van der Waals surface area contributed by atoms with Crippen molar-refractivity contribution in [1.29, 1.82) is 0 Å². The molecule has 0 aliphatic heterocycles. The molecule has 1 rings (SSSR count). The predicted octanol–water partition coefficient (Wildman–Crippen LogP) is 4.90. The molecule has 0 unspecified atom stereocenters. The fraction of sp³-hybridized carbons (Fsp3) is 0.250. The van der Waals surface area contributed by atoms with Crippen LogP contribution in [0.2, 0.25) is 0 Å². The van der Waals surface area contributed by atoms with Crippen LogP contribution in [0.3, 0.4) is 0 Å². The molecule has 108 valence electrons. The summed E-state index contributed by atoms with van der Waals surface area (Å²) in [6, 6.07) is 0. The van der Waals surface area contributed by atoms with Crippen molar-refractivity contribution in [1.82, 2.24) is 0 Å². The molecule has 0 aliphatic carbocycles. The third-order valence-electron chi connectivity index (χ3n) is 1.73. The first-order chi connectivity index (χ1) is 8.40. The molecule has 0 aliphatic rings. The van der Waals surface area contributed by atoms with Crippen molar-refractivity contribution in [2.75, 3.05) is 0 Å². The summed E-state index contributed by atoms with van der Waals surface area (Å²) in [5.41, 5.74) is 0. The van der Waals surface area contributed by atoms with Gasteiger partial charge in [-0.1, -0.05) is 0 Å². The van der Waals surface area contributed by atoms with E-state index in [0.717, 1.165) is 0 Å². The Bertz CT molecular complexity index is 481. The largest absolute Gasteiger partial charge is 0.394 e. The maximum Gasteiger partial charge on any atom is 0.394 e. The molecule has 0 bridgehead atoms. The van der Waals surface area contributed by atoms with Crippen LogP contribution in [0.15, 0.2) is 4.90 Å². The van der Waals surface area contributed by atoms with Gasteiger partial charge in [-0.15, -0.1) is 0 Å². The second-order valence-corrected chi connectivity index (χ2v) is 4.62. The van der Waals surface area contributed by atoms with Gasteiger partial charge >= 0.3 is 10.6 Å². The summed E-state index contributed by atoms with van der Waals surface area (Å²) in [6.07, 6.45) is 0. The number of rotatable bonds is 3. The SMILES string of the molecule is Fc1c(F)c(F)c(SC(F)(F)C(F)(F)Cl)c(F)c1F. The van der Waals surface area contributed by atoms with Crippen LogP contribution < -0.4 is 0 Å². The highest BCUT2D eigenvalue weighted by Crippen LogP contribution is 2.50. The van der Waals surface area contributed by atoms with Crippen LogP contribution in [-0.2, 0) is 0 Å². The molecule has 1 aromatic carbocycles. The maximum atomic E-state index is 13.0. The Morgan fingerprint density at radius 3 is 1.32 bits per heavy atom. The van der Waals surface area contributed by atoms with Crippen molar-refractivity contribution in [2.45, 2.75) is 15.5 Å². The smallest absolute Gasteiger partial charge is 0.202 e. The zero-order valence-corrected chi connectivity index (χ0v) is 9.76. The van der Waals surface area contributed by atoms with Crippen LogP contribution >= 0.6 is 23.4 Å². The Labute approximate surface area is 108 Å². The van der Waals surface area contributed by atoms with Crippen molar-refractivity contribution in [2.24, 2.45) is 0 Å². The van der Waals surface area contributed by atoms with Crippen molar-refractivity contribution in [3.8, 4) is 0 Å². The predicted molar refractivity (Wildman–Crippen MR) is 47.8 cm³/mol. The molecule has 0 aromatic heterocycles. The average Bonchev–Trinajstić information content (AvgIpc) is 2.28. The minimum absolute atomic E-state index is 1.57. The lowest BCUT2D eigenvalue weighted by Crippen LogP contribution is -2.32. The van der Waals surface area contributed by atoms with E-state index in [1.807, 2.05) is 0 Å². The molecule has 11 heteroatoms. The van der Waals surface area contributed by atoms with E-state index in [4.69, 9.17) is 0 Å². The Kier molecular flexibility index (Phi) is 4.26. The highest BCUT2D eigenvalue weighted by atomic mass is 35.5. The van der Waals surface area contributed by atoms with Crippen LogP contribution in [-0.4, -0.2) is 10.6 Å². The minimum Gasteiger partial charge on any atom is -0.202 e. The van der Waals surface area contributed by atoms with Gasteiger partial charge in [-0.25, -0.2) is 22.0 Å². The topological polar surface area (TPSA) is 0 Å². The molecule has 0 atom stereocenters. The van der Waals surface area contributed by atoms with Crippen molar-refractivity contribution in [3.63, 3.8) is 0 Å². The van der Waals surface area contributed by atoms with Crippen molar-refractivity contribution < 1.29 is 39.5 Å². The van der Waals surface area contributed by atoms with E-state index in [1.54, 1.807) is 0 Å². The average molecular weight is 335 g/mol. The summed E-state index contributed by atoms with van der Waals surface area (Å²) in [5.74, 6) is -13.0. The number of halogens is 10. The van der Waals surface area contributed by atoms with Crippen molar-refractivity contribution >= 4 is 23.4 Å². The van der Waals surface area contributed by atoms with E-state index in [0.29, 0.717) is 0 Å². The zero-order chi connectivity index (χ0) is 15.2. The summed E-state index contributed by atoms with van der Waals surface area (Å²) >= 11 is 2.41. The molecule has 0 radical (unpaired) electrons. The second-order valence-electron chi connectivity index (χ2n) is 3.02. The number of hydrogen-bond donors (Lipinski definition) is 0. The van der Waals surface area contributed by atoms with E-state index < -0.39 is 56.4 Å². The molecule has 1 aromatic rings. The maximum absolute atomic E-state index is 13.0. The molecule has 0 spiro atoms. The van der Waals surface area contributed by atoms with Crippen molar-refractivity contribution in [3.05, 3.63) is 29.1 Å². The molecular formula is C8ClF9S. The van der Waals surface area contributed by atoms with Crippen LogP contribution in [0, 0.1) is 29.1 Å². The normalized spacial score (nSPS) is 12.9. The first-order valence-electron chi connectivity index (χ1n) is 4.05. The van der Waals surface area contributed by atoms with E-state index in [-0.39, 0.29) is 0 Å². The van der Waals surface area contributed by atoms with Crippen LogP contribution in [0.1, 0.15) is 0 Å². The van der Waals surface area contributed by atoms with Gasteiger partial charge in [0.25, 0.3) is 0 Å². The van der Waals surface area contributed by atoms with E-state index in [9.17, 15) is 39.5 Å². The zero-order valence-electron chi connectivity index (χ0n) is 8.19. The Morgan fingerprint density at radius 1 is 0.684 bits per heavy atom. The van der Waals surface area contributed by atoms with Gasteiger partial charge < -0.3 is 0 Å². The van der Waals surface area contributed by atoms with Crippen LogP contribution in [0.4, 0.5) is 39.5 Å². The Hall–Kier alpha value is -0.770. The molecule has 0 heterocycles. The molecule has 0 amide bonds. The Morgan fingerprint density at radius 2 is 1.00 bits per heavy atom. The summed E-state index contributed by atoms with van der Waals surface area (Å²) in [5, 5.41) is -10.5. The van der Waals surface area contributed by atoms with E-state index in [2.05, 4.69) is 11.6 Å². The lowest BCUT2D eigenvalue weighted by atomic mass is 10.3. The van der Waals surface area contributed by atoms with Gasteiger partial charge in [-0.3, -0.25) is 0 Å². The Balaban J connectivity index is 3.39. The second kappa shape index (κ2) is 4.97. The number of hydrogen-bond acceptors (Lipinski definition) is 1. The molecule has 0 saturated carbocycles. The molecule has 0 nitrogen and oxygen atoms in total. The van der Waals surface area contributed by atoms with Gasteiger partial charge in [0.2, 0.25) is 5.82 Å². The lowest BCUT2D eigenvalue weighted by Gasteiger charge is -2.20. The molecule has 0 fully saturated rings. The van der Waals surface area contributed by atoms with Crippen LogP contribution in [0.25, 0.3) is 0 Å². The molecular weight excluding hydrogens is 335 g/mol. The fourth-order valence-corrected chi connectivity index (χ4v) is 1.71. The highest BCUT2D eigenvalue weighted by molar-refractivity contribution is 8.00. The molecule has 0 saturated heterocycles. The number of alkyl halides is 5. The monoisotopic (exact) mass is 334 g/mol. The van der Waals surface area contributed by atoms with Gasteiger partial charge in [0.05, 0.1) is 4.90 Å². The first kappa shape index (κ1) is 16.3. The number of thioether (sulfide) groups is 1. The molecule has 0 N–H and O–H groups in total. The fourth-order valence-electron chi connectivity index (χ4n) is 0.860. The minimum atomic E-state index is -5.28. The summed E-state index contributed by atoms with van der Waals surface area (Å²) in [7, 11) is 0.